The van der Waals surface area contributed by atoms with Crippen LogP contribution < -0.4 is 0 Å². The molecule has 0 rings (SSSR count). The van der Waals surface area contributed by atoms with Crippen LogP contribution in [-0.4, -0.2) is 4.87 Å². The van der Waals surface area contributed by atoms with Crippen molar-refractivity contribution in [2.75, 3.05) is 0 Å². The number of halogens is 1. The van der Waals surface area contributed by atoms with Crippen LogP contribution in [0.1, 0.15) is 40.0 Å². The Labute approximate surface area is 57.2 Å². The fourth-order valence-electron chi connectivity index (χ4n) is 0.698. The van der Waals surface area contributed by atoms with Crippen LogP contribution in [0.5, 0.6) is 0 Å². The third-order valence-corrected chi connectivity index (χ3v) is 1.96. The van der Waals surface area contributed by atoms with Crippen molar-refractivity contribution in [3.05, 3.63) is 0 Å². The van der Waals surface area contributed by atoms with Gasteiger partial charge in [-0.3, -0.25) is 0 Å². The Morgan fingerprint density at radius 1 is 1.38 bits per heavy atom. The summed E-state index contributed by atoms with van der Waals surface area (Å²) in [4.78, 5) is 0.0642. The third kappa shape index (κ3) is 3.31. The van der Waals surface area contributed by atoms with Gasteiger partial charge in [0.1, 0.15) is 0 Å². The molecular weight excluding hydrogens is 120 g/mol. The number of alkyl halides is 1. The van der Waals surface area contributed by atoms with E-state index in [1.165, 1.54) is 6.42 Å². The molecule has 0 aromatic heterocycles. The van der Waals surface area contributed by atoms with Crippen molar-refractivity contribution in [1.82, 2.24) is 0 Å². The van der Waals surface area contributed by atoms with E-state index in [2.05, 4.69) is 20.8 Å². The summed E-state index contributed by atoms with van der Waals surface area (Å²) < 4.78 is 0. The minimum atomic E-state index is 0.0642. The Morgan fingerprint density at radius 2 is 1.88 bits per heavy atom. The average molecular weight is 135 g/mol. The third-order valence-electron chi connectivity index (χ3n) is 1.51. The lowest BCUT2D eigenvalue weighted by atomic mass is 10.0. The zero-order valence-corrected chi connectivity index (χ0v) is 6.76. The van der Waals surface area contributed by atoms with E-state index >= 15 is 0 Å². The fourth-order valence-corrected chi connectivity index (χ4v) is 0.887. The quantitative estimate of drug-likeness (QED) is 0.520. The molecule has 0 N–H and O–H groups in total. The standard InChI is InChI=1S/C7H15Cl/c1-4-6-7(3,8)5-2/h4-6H2,1-3H3. The normalized spacial score (nSPS) is 18.0. The Bertz CT molecular complexity index is 57.4. The lowest BCUT2D eigenvalue weighted by molar-refractivity contribution is 0.548. The molecule has 50 valence electrons. The van der Waals surface area contributed by atoms with Gasteiger partial charge in [-0.25, -0.2) is 0 Å². The van der Waals surface area contributed by atoms with Gasteiger partial charge in [-0.05, 0) is 19.8 Å². The van der Waals surface area contributed by atoms with E-state index in [9.17, 15) is 0 Å². The van der Waals surface area contributed by atoms with Gasteiger partial charge in [-0.2, -0.15) is 0 Å². The van der Waals surface area contributed by atoms with Crippen molar-refractivity contribution < 1.29 is 0 Å². The van der Waals surface area contributed by atoms with E-state index in [-0.39, 0.29) is 4.87 Å². The molecule has 0 aliphatic carbocycles. The maximum Gasteiger partial charge on any atom is 0.0416 e. The van der Waals surface area contributed by atoms with Gasteiger partial charge in [-0.1, -0.05) is 20.3 Å². The molecule has 0 heterocycles. The van der Waals surface area contributed by atoms with Crippen LogP contribution in [0.3, 0.4) is 0 Å². The molecule has 0 nitrogen and oxygen atoms in total. The van der Waals surface area contributed by atoms with E-state index in [0.717, 1.165) is 12.8 Å². The largest absolute Gasteiger partial charge is 0.120 e. The minimum Gasteiger partial charge on any atom is -0.120 e. The monoisotopic (exact) mass is 134 g/mol. The zero-order valence-electron chi connectivity index (χ0n) is 6.00. The van der Waals surface area contributed by atoms with Crippen LogP contribution in [0, 0.1) is 0 Å². The molecule has 0 bridgehead atoms. The molecule has 0 radical (unpaired) electrons. The molecule has 0 fully saturated rings. The summed E-state index contributed by atoms with van der Waals surface area (Å²) in [5.74, 6) is 0. The first-order valence-electron chi connectivity index (χ1n) is 3.31. The van der Waals surface area contributed by atoms with Gasteiger partial charge in [0.25, 0.3) is 0 Å². The first-order valence-corrected chi connectivity index (χ1v) is 3.69. The summed E-state index contributed by atoms with van der Waals surface area (Å²) in [7, 11) is 0. The molecule has 0 aromatic rings. The highest BCUT2D eigenvalue weighted by molar-refractivity contribution is 6.23. The Hall–Kier alpha value is 0.290. The van der Waals surface area contributed by atoms with Gasteiger partial charge < -0.3 is 0 Å². The average Bonchev–Trinajstić information content (AvgIpc) is 1.67. The van der Waals surface area contributed by atoms with Crippen molar-refractivity contribution in [3.63, 3.8) is 0 Å². The van der Waals surface area contributed by atoms with Gasteiger partial charge in [0.2, 0.25) is 0 Å². The Morgan fingerprint density at radius 3 is 2.00 bits per heavy atom. The maximum absolute atomic E-state index is 6.02. The number of hydrogen-bond acceptors (Lipinski definition) is 0. The van der Waals surface area contributed by atoms with E-state index in [1.807, 2.05) is 0 Å². The number of hydrogen-bond donors (Lipinski definition) is 0. The molecule has 1 atom stereocenters. The maximum atomic E-state index is 6.02. The topological polar surface area (TPSA) is 0 Å². The van der Waals surface area contributed by atoms with Crippen LogP contribution in [-0.2, 0) is 0 Å². The lowest BCUT2D eigenvalue weighted by Crippen LogP contribution is -2.13. The predicted molar refractivity (Wildman–Crippen MR) is 39.5 cm³/mol. The SMILES string of the molecule is CCCC(C)(Cl)CC. The van der Waals surface area contributed by atoms with Gasteiger partial charge in [0, 0.05) is 4.87 Å². The van der Waals surface area contributed by atoms with Crippen molar-refractivity contribution in [2.24, 2.45) is 0 Å². The second-order valence-corrected chi connectivity index (χ2v) is 3.43. The number of rotatable bonds is 3. The molecule has 0 spiro atoms. The van der Waals surface area contributed by atoms with Crippen molar-refractivity contribution in [3.8, 4) is 0 Å². The molecule has 0 aliphatic rings. The highest BCUT2D eigenvalue weighted by Gasteiger charge is 2.15. The van der Waals surface area contributed by atoms with E-state index in [1.54, 1.807) is 0 Å². The van der Waals surface area contributed by atoms with Crippen LogP contribution in [0.2, 0.25) is 0 Å². The molecule has 0 aliphatic heterocycles. The minimum absolute atomic E-state index is 0.0642. The molecule has 0 saturated heterocycles. The highest BCUT2D eigenvalue weighted by atomic mass is 35.5. The van der Waals surface area contributed by atoms with E-state index in [4.69, 9.17) is 11.6 Å². The molecular formula is C7H15Cl. The molecule has 0 amide bonds. The molecule has 1 unspecified atom stereocenters. The summed E-state index contributed by atoms with van der Waals surface area (Å²) in [6, 6.07) is 0. The van der Waals surface area contributed by atoms with Crippen LogP contribution in [0.15, 0.2) is 0 Å². The highest BCUT2D eigenvalue weighted by Crippen LogP contribution is 2.23. The molecule has 0 saturated carbocycles. The molecule has 1 heteroatoms. The molecule has 0 aromatic carbocycles. The van der Waals surface area contributed by atoms with Crippen molar-refractivity contribution in [2.45, 2.75) is 44.9 Å². The Kier molecular flexibility index (Phi) is 3.46. The van der Waals surface area contributed by atoms with Crippen molar-refractivity contribution >= 4 is 11.6 Å². The van der Waals surface area contributed by atoms with Crippen molar-refractivity contribution in [1.29, 1.82) is 0 Å². The summed E-state index contributed by atoms with van der Waals surface area (Å²) in [5, 5.41) is 0. The van der Waals surface area contributed by atoms with Gasteiger partial charge >= 0.3 is 0 Å². The lowest BCUT2D eigenvalue weighted by Gasteiger charge is -2.17. The van der Waals surface area contributed by atoms with E-state index < -0.39 is 0 Å². The second-order valence-electron chi connectivity index (χ2n) is 2.52. The Balaban J connectivity index is 3.37. The summed E-state index contributed by atoms with van der Waals surface area (Å²) in [6.07, 6.45) is 3.39. The summed E-state index contributed by atoms with van der Waals surface area (Å²) in [6.45, 7) is 6.39. The first-order chi connectivity index (χ1) is 3.62. The smallest absolute Gasteiger partial charge is 0.0416 e. The molecule has 8 heavy (non-hydrogen) atoms. The second kappa shape index (κ2) is 3.34. The zero-order chi connectivity index (χ0) is 6.62. The van der Waals surface area contributed by atoms with Crippen LogP contribution >= 0.6 is 11.6 Å². The summed E-state index contributed by atoms with van der Waals surface area (Å²) in [5.41, 5.74) is 0. The van der Waals surface area contributed by atoms with Gasteiger partial charge in [0.15, 0.2) is 0 Å². The summed E-state index contributed by atoms with van der Waals surface area (Å²) >= 11 is 6.02. The predicted octanol–water partition coefficient (Wildman–Crippen LogP) is 3.19. The van der Waals surface area contributed by atoms with Crippen LogP contribution in [0.4, 0.5) is 0 Å². The van der Waals surface area contributed by atoms with Crippen LogP contribution in [0.25, 0.3) is 0 Å². The fraction of sp³-hybridized carbons (Fsp3) is 1.00. The van der Waals surface area contributed by atoms with Gasteiger partial charge in [-0.15, -0.1) is 11.6 Å². The van der Waals surface area contributed by atoms with E-state index in [0.29, 0.717) is 0 Å². The first kappa shape index (κ1) is 8.29. The van der Waals surface area contributed by atoms with Gasteiger partial charge in [0.05, 0.1) is 0 Å².